The van der Waals surface area contributed by atoms with Crippen molar-refractivity contribution < 1.29 is 22.8 Å². The molecule has 4 rings (SSSR count). The molecular formula is C21H22F3N5O3S. The summed E-state index contributed by atoms with van der Waals surface area (Å²) in [5.74, 6) is -2.35. The minimum atomic E-state index is -5.23. The van der Waals surface area contributed by atoms with E-state index in [1.165, 1.54) is 17.8 Å². The van der Waals surface area contributed by atoms with Crippen LogP contribution in [0.2, 0.25) is 0 Å². The van der Waals surface area contributed by atoms with E-state index in [2.05, 4.69) is 24.9 Å². The van der Waals surface area contributed by atoms with Gasteiger partial charge in [0.25, 0.3) is 5.56 Å². The maximum atomic E-state index is 12.9. The highest BCUT2D eigenvalue weighted by Crippen LogP contribution is 2.27. The predicted molar refractivity (Wildman–Crippen MR) is 117 cm³/mol. The van der Waals surface area contributed by atoms with Crippen LogP contribution in [0.4, 0.5) is 13.2 Å². The molecule has 0 atom stereocenters. The van der Waals surface area contributed by atoms with Crippen LogP contribution < -0.4 is 10.4 Å². The number of alkyl halides is 3. The van der Waals surface area contributed by atoms with Crippen LogP contribution in [0.15, 0.2) is 35.3 Å². The van der Waals surface area contributed by atoms with Gasteiger partial charge in [-0.1, -0.05) is 12.1 Å². The molecule has 0 unspecified atom stereocenters. The topological polar surface area (TPSA) is 93.1 Å². The summed E-state index contributed by atoms with van der Waals surface area (Å²) in [6.45, 7) is 4.25. The predicted octanol–water partition coefficient (Wildman–Crippen LogP) is 2.84. The first-order valence-electron chi connectivity index (χ1n) is 10.4. The normalized spacial score (nSPS) is 15.8. The van der Waals surface area contributed by atoms with Crippen molar-refractivity contribution in [3.8, 4) is 0 Å². The van der Waals surface area contributed by atoms with Gasteiger partial charge in [-0.15, -0.1) is 4.73 Å². The van der Waals surface area contributed by atoms with E-state index in [4.69, 9.17) is 0 Å². The second-order valence-corrected chi connectivity index (χ2v) is 9.13. The molecule has 0 bridgehead atoms. The summed E-state index contributed by atoms with van der Waals surface area (Å²) in [5, 5.41) is 7.21. The second-order valence-electron chi connectivity index (χ2n) is 7.84. The van der Waals surface area contributed by atoms with Crippen LogP contribution in [-0.4, -0.2) is 55.3 Å². The van der Waals surface area contributed by atoms with E-state index in [1.54, 1.807) is 25.3 Å². The van der Waals surface area contributed by atoms with Crippen LogP contribution in [0.3, 0.4) is 0 Å². The number of piperidine rings is 1. The molecule has 33 heavy (non-hydrogen) atoms. The third kappa shape index (κ3) is 5.38. The fourth-order valence-corrected chi connectivity index (χ4v) is 4.85. The van der Waals surface area contributed by atoms with E-state index in [-0.39, 0.29) is 22.2 Å². The molecule has 1 saturated heterocycles. The molecule has 0 aliphatic carbocycles. The van der Waals surface area contributed by atoms with Crippen molar-refractivity contribution in [3.05, 3.63) is 57.9 Å². The monoisotopic (exact) mass is 481 g/mol. The van der Waals surface area contributed by atoms with Gasteiger partial charge in [0.1, 0.15) is 0 Å². The Balaban J connectivity index is 1.50. The standard InChI is InChI=1S/C21H22F3N5O3S/c1-13-3-2-4-16-18(13)26-17(29(19(16)30)32-20(31)21(22,23)24)12-33-15-6-9-28(10-7-15)11-14-5-8-25-27-14/h2-5,8,15H,6-7,9-12H2,1H3,(H,25,27). The van der Waals surface area contributed by atoms with Crippen LogP contribution in [0.1, 0.15) is 29.9 Å². The lowest BCUT2D eigenvalue weighted by Gasteiger charge is -2.31. The minimum Gasteiger partial charge on any atom is -0.323 e. The first-order valence-corrected chi connectivity index (χ1v) is 11.4. The Morgan fingerprint density at radius 2 is 2.03 bits per heavy atom. The largest absolute Gasteiger partial charge is 0.493 e. The van der Waals surface area contributed by atoms with Crippen LogP contribution in [0, 0.1) is 6.92 Å². The smallest absolute Gasteiger partial charge is 0.323 e. The highest BCUT2D eigenvalue weighted by atomic mass is 32.2. The van der Waals surface area contributed by atoms with E-state index in [0.717, 1.165) is 38.2 Å². The van der Waals surface area contributed by atoms with Gasteiger partial charge in [0.2, 0.25) is 0 Å². The molecule has 3 heterocycles. The van der Waals surface area contributed by atoms with Gasteiger partial charge in [0, 0.05) is 23.7 Å². The minimum absolute atomic E-state index is 0.0238. The lowest BCUT2D eigenvalue weighted by Crippen LogP contribution is -2.40. The van der Waals surface area contributed by atoms with Crippen molar-refractivity contribution in [2.45, 2.75) is 43.5 Å². The highest BCUT2D eigenvalue weighted by molar-refractivity contribution is 7.99. The lowest BCUT2D eigenvalue weighted by molar-refractivity contribution is -0.200. The number of fused-ring (bicyclic) bond motifs is 1. The molecule has 8 nitrogen and oxygen atoms in total. The van der Waals surface area contributed by atoms with Crippen molar-refractivity contribution in [1.29, 1.82) is 0 Å². The third-order valence-corrected chi connectivity index (χ3v) is 6.84. The Morgan fingerprint density at radius 1 is 1.27 bits per heavy atom. The molecule has 12 heteroatoms. The number of halogens is 3. The maximum absolute atomic E-state index is 12.9. The third-order valence-electron chi connectivity index (χ3n) is 5.47. The van der Waals surface area contributed by atoms with Gasteiger partial charge in [-0.25, -0.2) is 9.78 Å². The molecule has 2 aromatic heterocycles. The fraction of sp³-hybridized carbons (Fsp3) is 0.429. The number of hydrogen-bond acceptors (Lipinski definition) is 7. The van der Waals surface area contributed by atoms with Crippen molar-refractivity contribution in [2.24, 2.45) is 0 Å². The van der Waals surface area contributed by atoms with E-state index >= 15 is 0 Å². The Bertz CT molecular complexity index is 1190. The molecule has 0 amide bonds. The Morgan fingerprint density at radius 3 is 2.70 bits per heavy atom. The van der Waals surface area contributed by atoms with Crippen LogP contribution >= 0.6 is 11.8 Å². The van der Waals surface area contributed by atoms with Crippen LogP contribution in [-0.2, 0) is 17.1 Å². The van der Waals surface area contributed by atoms with Gasteiger partial charge in [-0.3, -0.25) is 14.8 Å². The molecule has 1 N–H and O–H groups in total. The van der Waals surface area contributed by atoms with E-state index < -0.39 is 17.7 Å². The summed E-state index contributed by atoms with van der Waals surface area (Å²) in [6, 6.07) is 6.73. The zero-order valence-corrected chi connectivity index (χ0v) is 18.6. The number of aryl methyl sites for hydroxylation is 1. The van der Waals surface area contributed by atoms with E-state index in [9.17, 15) is 22.8 Å². The molecule has 3 aromatic rings. The molecule has 0 spiro atoms. The molecule has 1 fully saturated rings. The SMILES string of the molecule is Cc1cccc2c(=O)n(OC(=O)C(F)(F)F)c(CSC3CCN(Cc4ccn[nH]4)CC3)nc12. The average molecular weight is 482 g/mol. The molecule has 1 aromatic carbocycles. The summed E-state index contributed by atoms with van der Waals surface area (Å²) < 4.78 is 38.8. The lowest BCUT2D eigenvalue weighted by atomic mass is 10.1. The number of aromatic nitrogens is 4. The van der Waals surface area contributed by atoms with Gasteiger partial charge in [-0.05, 0) is 50.6 Å². The number of benzene rings is 1. The average Bonchev–Trinajstić information content (AvgIpc) is 3.28. The first-order chi connectivity index (χ1) is 15.7. The molecule has 1 aliphatic rings. The van der Waals surface area contributed by atoms with Gasteiger partial charge < -0.3 is 4.84 Å². The van der Waals surface area contributed by atoms with Crippen LogP contribution in [0.5, 0.6) is 0 Å². The summed E-state index contributed by atoms with van der Waals surface area (Å²) in [7, 11) is 0. The Labute approximate surface area is 191 Å². The molecule has 0 saturated carbocycles. The highest BCUT2D eigenvalue weighted by Gasteiger charge is 2.42. The molecule has 1 aliphatic heterocycles. The number of thioether (sulfide) groups is 1. The maximum Gasteiger partial charge on any atom is 0.493 e. The van der Waals surface area contributed by atoms with E-state index in [0.29, 0.717) is 15.8 Å². The number of H-pyrrole nitrogens is 1. The fourth-order valence-electron chi connectivity index (χ4n) is 3.74. The second kappa shape index (κ2) is 9.56. The summed E-state index contributed by atoms with van der Waals surface area (Å²) >= 11 is 1.49. The van der Waals surface area contributed by atoms with Crippen LogP contribution in [0.25, 0.3) is 10.9 Å². The number of hydrogen-bond donors (Lipinski definition) is 1. The van der Waals surface area contributed by atoms with Crippen molar-refractivity contribution in [2.75, 3.05) is 13.1 Å². The van der Waals surface area contributed by atoms with Crippen molar-refractivity contribution in [3.63, 3.8) is 0 Å². The van der Waals surface area contributed by atoms with Crippen molar-refractivity contribution >= 4 is 28.6 Å². The number of para-hydroxylation sites is 1. The summed E-state index contributed by atoms with van der Waals surface area (Å²) in [6.07, 6.45) is -1.77. The quantitative estimate of drug-likeness (QED) is 0.579. The van der Waals surface area contributed by atoms with E-state index in [1.807, 2.05) is 6.07 Å². The summed E-state index contributed by atoms with van der Waals surface area (Å²) in [4.78, 5) is 35.5. The van der Waals surface area contributed by atoms with Gasteiger partial charge >= 0.3 is 12.1 Å². The van der Waals surface area contributed by atoms with Gasteiger partial charge in [0.15, 0.2) is 5.82 Å². The number of aromatic amines is 1. The Kier molecular flexibility index (Phi) is 6.75. The first kappa shape index (κ1) is 23.3. The molecule has 176 valence electrons. The number of carbonyl (C=O) groups excluding carboxylic acids is 1. The number of carbonyl (C=O) groups is 1. The Hall–Kier alpha value is -2.86. The van der Waals surface area contributed by atoms with Crippen molar-refractivity contribution in [1.82, 2.24) is 24.8 Å². The molecular weight excluding hydrogens is 459 g/mol. The number of likely N-dealkylation sites (tertiary alicyclic amines) is 1. The number of nitrogens with one attached hydrogen (secondary N) is 1. The molecule has 0 radical (unpaired) electrons. The number of rotatable bonds is 6. The number of nitrogens with zero attached hydrogens (tertiary/aromatic N) is 4. The zero-order chi connectivity index (χ0) is 23.6. The van der Waals surface area contributed by atoms with Gasteiger partial charge in [-0.2, -0.15) is 30.0 Å². The van der Waals surface area contributed by atoms with Gasteiger partial charge in [0.05, 0.1) is 16.7 Å². The summed E-state index contributed by atoms with van der Waals surface area (Å²) in [5.41, 5.74) is 1.28. The zero-order valence-electron chi connectivity index (χ0n) is 17.8.